The fourth-order valence-corrected chi connectivity index (χ4v) is 1.95. The van der Waals surface area contributed by atoms with Crippen molar-refractivity contribution in [3.05, 3.63) is 23.8 Å². The number of likely N-dealkylation sites (N-methyl/N-ethyl adjacent to an activating group) is 1. The molecule has 1 aromatic carbocycles. The number of benzene rings is 1. The van der Waals surface area contributed by atoms with Crippen LogP contribution in [-0.2, 0) is 4.74 Å². The molecule has 2 N–H and O–H groups in total. The van der Waals surface area contributed by atoms with Crippen LogP contribution in [0.25, 0.3) is 0 Å². The third-order valence-electron chi connectivity index (χ3n) is 2.78. The summed E-state index contributed by atoms with van der Waals surface area (Å²) < 4.78 is 5.20. The van der Waals surface area contributed by atoms with Gasteiger partial charge < -0.3 is 15.4 Å². The molecule has 1 rings (SSSR count). The van der Waals surface area contributed by atoms with Crippen molar-refractivity contribution in [1.29, 1.82) is 0 Å². The fourth-order valence-electron chi connectivity index (χ4n) is 1.95. The van der Waals surface area contributed by atoms with Gasteiger partial charge in [-0.05, 0) is 38.5 Å². The molecule has 0 fully saturated rings. The molecule has 16 heavy (non-hydrogen) atoms. The van der Waals surface area contributed by atoms with Gasteiger partial charge in [0.05, 0.1) is 18.0 Å². The summed E-state index contributed by atoms with van der Waals surface area (Å²) >= 11 is 0. The summed E-state index contributed by atoms with van der Waals surface area (Å²) in [5.41, 5.74) is 9.18. The average molecular weight is 222 g/mol. The summed E-state index contributed by atoms with van der Waals surface area (Å²) in [5.74, 6) is 0. The van der Waals surface area contributed by atoms with Crippen LogP contribution < -0.4 is 10.6 Å². The number of nitrogens with two attached hydrogens (primary N) is 1. The fraction of sp³-hybridized carbons (Fsp3) is 0.538. The number of aryl methyl sites for hydroxylation is 1. The van der Waals surface area contributed by atoms with Gasteiger partial charge in [0, 0.05) is 19.7 Å². The van der Waals surface area contributed by atoms with Gasteiger partial charge in [-0.15, -0.1) is 0 Å². The van der Waals surface area contributed by atoms with Gasteiger partial charge in [-0.25, -0.2) is 0 Å². The van der Waals surface area contributed by atoms with Crippen molar-refractivity contribution >= 4 is 11.4 Å². The van der Waals surface area contributed by atoms with Crippen molar-refractivity contribution in [1.82, 2.24) is 0 Å². The Morgan fingerprint density at radius 3 is 2.69 bits per heavy atom. The molecular weight excluding hydrogens is 200 g/mol. The Kier molecular flexibility index (Phi) is 4.62. The number of nitrogens with zero attached hydrogens (tertiary/aromatic N) is 1. The lowest BCUT2D eigenvalue weighted by atomic mass is 10.1. The number of nitrogen functional groups attached to an aromatic ring is 1. The van der Waals surface area contributed by atoms with Gasteiger partial charge in [0.25, 0.3) is 0 Å². The van der Waals surface area contributed by atoms with Crippen molar-refractivity contribution < 1.29 is 4.74 Å². The molecule has 0 bridgehead atoms. The Balaban J connectivity index is 2.98. The van der Waals surface area contributed by atoms with Crippen LogP contribution in [-0.4, -0.2) is 26.3 Å². The smallest absolute Gasteiger partial charge is 0.0663 e. The highest BCUT2D eigenvalue weighted by Gasteiger charge is 2.14. The first-order valence-corrected chi connectivity index (χ1v) is 5.71. The maximum absolute atomic E-state index is 6.02. The summed E-state index contributed by atoms with van der Waals surface area (Å²) in [6, 6.07) is 6.46. The molecule has 0 aliphatic rings. The van der Waals surface area contributed by atoms with E-state index >= 15 is 0 Å². The highest BCUT2D eigenvalue weighted by Crippen LogP contribution is 2.26. The first-order valence-electron chi connectivity index (χ1n) is 5.71. The van der Waals surface area contributed by atoms with Gasteiger partial charge in [0.2, 0.25) is 0 Å². The van der Waals surface area contributed by atoms with E-state index in [2.05, 4.69) is 31.7 Å². The van der Waals surface area contributed by atoms with Gasteiger partial charge >= 0.3 is 0 Å². The second kappa shape index (κ2) is 5.75. The zero-order valence-corrected chi connectivity index (χ0v) is 10.7. The summed E-state index contributed by atoms with van der Waals surface area (Å²) in [5, 5.41) is 0. The highest BCUT2D eigenvalue weighted by atomic mass is 16.5. The van der Waals surface area contributed by atoms with Crippen LogP contribution in [0.3, 0.4) is 0 Å². The second-order valence-corrected chi connectivity index (χ2v) is 4.15. The molecule has 0 aromatic heterocycles. The molecule has 0 saturated heterocycles. The minimum Gasteiger partial charge on any atom is -0.397 e. The number of hydrogen-bond donors (Lipinski definition) is 1. The van der Waals surface area contributed by atoms with Gasteiger partial charge in [-0.3, -0.25) is 0 Å². The van der Waals surface area contributed by atoms with Crippen molar-refractivity contribution in [2.45, 2.75) is 26.8 Å². The van der Waals surface area contributed by atoms with E-state index in [1.165, 1.54) is 5.56 Å². The van der Waals surface area contributed by atoms with Crippen molar-refractivity contribution in [3.8, 4) is 0 Å². The van der Waals surface area contributed by atoms with Gasteiger partial charge in [-0.2, -0.15) is 0 Å². The molecule has 0 heterocycles. The summed E-state index contributed by atoms with van der Waals surface area (Å²) in [4.78, 5) is 2.27. The zero-order valence-electron chi connectivity index (χ0n) is 10.7. The van der Waals surface area contributed by atoms with Crippen LogP contribution in [0.1, 0.15) is 19.4 Å². The Morgan fingerprint density at radius 2 is 2.12 bits per heavy atom. The molecule has 3 heteroatoms. The summed E-state index contributed by atoms with van der Waals surface area (Å²) in [7, 11) is 1.73. The first kappa shape index (κ1) is 12.8. The van der Waals surface area contributed by atoms with E-state index in [1.807, 2.05) is 12.1 Å². The minimum absolute atomic E-state index is 0.332. The SMILES string of the molecule is CCN(c1cc(C)ccc1N)C(C)COC. The molecule has 0 radical (unpaired) electrons. The van der Waals surface area contributed by atoms with E-state index in [4.69, 9.17) is 10.5 Å². The molecule has 3 nitrogen and oxygen atoms in total. The predicted octanol–water partition coefficient (Wildman–Crippen LogP) is 2.44. The largest absolute Gasteiger partial charge is 0.397 e. The third-order valence-corrected chi connectivity index (χ3v) is 2.78. The van der Waals surface area contributed by atoms with Crippen LogP contribution >= 0.6 is 0 Å². The molecule has 0 saturated carbocycles. The Morgan fingerprint density at radius 1 is 1.44 bits per heavy atom. The Labute approximate surface area is 98.2 Å². The highest BCUT2D eigenvalue weighted by molar-refractivity contribution is 5.68. The number of hydrogen-bond acceptors (Lipinski definition) is 3. The lowest BCUT2D eigenvalue weighted by molar-refractivity contribution is 0.182. The number of ether oxygens (including phenoxy) is 1. The predicted molar refractivity (Wildman–Crippen MR) is 69.9 cm³/mol. The topological polar surface area (TPSA) is 38.5 Å². The molecular formula is C13H22N2O. The quantitative estimate of drug-likeness (QED) is 0.778. The van der Waals surface area contributed by atoms with Crippen molar-refractivity contribution in [2.24, 2.45) is 0 Å². The van der Waals surface area contributed by atoms with E-state index in [0.29, 0.717) is 12.6 Å². The Bertz CT molecular complexity index is 339. The standard InChI is InChI=1S/C13H22N2O/c1-5-15(11(3)9-16-4)13-8-10(2)6-7-12(13)14/h6-8,11H,5,9,14H2,1-4H3. The number of methoxy groups -OCH3 is 1. The second-order valence-electron chi connectivity index (χ2n) is 4.15. The van der Waals surface area contributed by atoms with Crippen LogP contribution in [0, 0.1) is 6.92 Å². The van der Waals surface area contributed by atoms with E-state index in [1.54, 1.807) is 7.11 Å². The van der Waals surface area contributed by atoms with E-state index in [9.17, 15) is 0 Å². The van der Waals surface area contributed by atoms with E-state index in [-0.39, 0.29) is 0 Å². The zero-order chi connectivity index (χ0) is 12.1. The van der Waals surface area contributed by atoms with Crippen LogP contribution in [0.4, 0.5) is 11.4 Å². The van der Waals surface area contributed by atoms with Crippen molar-refractivity contribution in [3.63, 3.8) is 0 Å². The van der Waals surface area contributed by atoms with Crippen LogP contribution in [0.5, 0.6) is 0 Å². The lowest BCUT2D eigenvalue weighted by Gasteiger charge is -2.31. The first-order chi connectivity index (χ1) is 7.60. The average Bonchev–Trinajstić information content (AvgIpc) is 2.24. The molecule has 1 unspecified atom stereocenters. The van der Waals surface area contributed by atoms with Gasteiger partial charge in [-0.1, -0.05) is 6.07 Å². The van der Waals surface area contributed by atoms with Crippen LogP contribution in [0.15, 0.2) is 18.2 Å². The van der Waals surface area contributed by atoms with E-state index in [0.717, 1.165) is 17.9 Å². The molecule has 0 aliphatic heterocycles. The van der Waals surface area contributed by atoms with Crippen LogP contribution in [0.2, 0.25) is 0 Å². The summed E-state index contributed by atoms with van der Waals surface area (Å²) in [6.07, 6.45) is 0. The van der Waals surface area contributed by atoms with Gasteiger partial charge in [0.1, 0.15) is 0 Å². The molecule has 0 aliphatic carbocycles. The van der Waals surface area contributed by atoms with E-state index < -0.39 is 0 Å². The van der Waals surface area contributed by atoms with Gasteiger partial charge in [0.15, 0.2) is 0 Å². The lowest BCUT2D eigenvalue weighted by Crippen LogP contribution is -2.36. The number of rotatable bonds is 5. The maximum atomic E-state index is 6.02. The molecule has 1 aromatic rings. The summed E-state index contributed by atoms with van der Waals surface area (Å²) in [6.45, 7) is 8.00. The van der Waals surface area contributed by atoms with Crippen molar-refractivity contribution in [2.75, 3.05) is 30.9 Å². The molecule has 0 spiro atoms. The molecule has 1 atom stereocenters. The third kappa shape index (κ3) is 2.89. The Hall–Kier alpha value is -1.22. The number of anilines is 2. The monoisotopic (exact) mass is 222 g/mol. The minimum atomic E-state index is 0.332. The normalized spacial score (nSPS) is 12.5. The molecule has 0 amide bonds. The maximum Gasteiger partial charge on any atom is 0.0663 e. The molecule has 90 valence electrons.